The summed E-state index contributed by atoms with van der Waals surface area (Å²) < 4.78 is 15.7. The molecule has 0 atom stereocenters. The number of esters is 1. The van der Waals surface area contributed by atoms with Crippen molar-refractivity contribution in [3.8, 4) is 5.75 Å². The van der Waals surface area contributed by atoms with Crippen molar-refractivity contribution in [1.29, 1.82) is 0 Å². The summed E-state index contributed by atoms with van der Waals surface area (Å²) in [5, 5.41) is 2.71. The van der Waals surface area contributed by atoms with E-state index in [0.29, 0.717) is 17.0 Å². The van der Waals surface area contributed by atoms with E-state index in [1.807, 2.05) is 25.1 Å². The van der Waals surface area contributed by atoms with E-state index in [9.17, 15) is 9.59 Å². The molecular formula is C22H26N2O5. The maximum atomic E-state index is 12.2. The van der Waals surface area contributed by atoms with Gasteiger partial charge in [-0.05, 0) is 42.3 Å². The first-order valence-corrected chi connectivity index (χ1v) is 9.56. The standard InChI is InChI=1S/C22H26N2O5/c1-16-3-8-20(27-2)19(13-16)23-21(25)15-29-22(26)18-6-4-17(5-7-18)14-24-9-11-28-12-10-24/h3-8,13H,9-12,14-15H2,1-2H3,(H,23,25). The van der Waals surface area contributed by atoms with Crippen LogP contribution in [0.5, 0.6) is 5.75 Å². The number of nitrogens with zero attached hydrogens (tertiary/aromatic N) is 1. The summed E-state index contributed by atoms with van der Waals surface area (Å²) in [5.74, 6) is -0.411. The maximum absolute atomic E-state index is 12.2. The topological polar surface area (TPSA) is 77.1 Å². The molecule has 29 heavy (non-hydrogen) atoms. The molecule has 7 heteroatoms. The first kappa shape index (κ1) is 20.8. The van der Waals surface area contributed by atoms with Crippen molar-refractivity contribution >= 4 is 17.6 Å². The molecule has 1 aliphatic heterocycles. The van der Waals surface area contributed by atoms with Gasteiger partial charge in [0.05, 0.1) is 31.6 Å². The third-order valence-electron chi connectivity index (χ3n) is 4.66. The minimum absolute atomic E-state index is 0.370. The molecule has 1 fully saturated rings. The fourth-order valence-corrected chi connectivity index (χ4v) is 3.08. The van der Waals surface area contributed by atoms with Crippen LogP contribution in [0.2, 0.25) is 0 Å². The van der Waals surface area contributed by atoms with Gasteiger partial charge in [0.2, 0.25) is 0 Å². The van der Waals surface area contributed by atoms with Gasteiger partial charge in [-0.3, -0.25) is 9.69 Å². The summed E-state index contributed by atoms with van der Waals surface area (Å²) in [6, 6.07) is 12.7. The Balaban J connectivity index is 1.49. The van der Waals surface area contributed by atoms with E-state index in [0.717, 1.165) is 44.0 Å². The number of ether oxygens (including phenoxy) is 3. The Morgan fingerprint density at radius 2 is 1.83 bits per heavy atom. The van der Waals surface area contributed by atoms with Gasteiger partial charge in [-0.25, -0.2) is 4.79 Å². The van der Waals surface area contributed by atoms with Crippen molar-refractivity contribution in [2.24, 2.45) is 0 Å². The number of morpholine rings is 1. The van der Waals surface area contributed by atoms with Gasteiger partial charge in [0.1, 0.15) is 5.75 Å². The van der Waals surface area contributed by atoms with Gasteiger partial charge in [-0.1, -0.05) is 18.2 Å². The second kappa shape index (κ2) is 10.0. The third kappa shape index (κ3) is 6.04. The van der Waals surface area contributed by atoms with Gasteiger partial charge in [-0.15, -0.1) is 0 Å². The molecule has 0 spiro atoms. The van der Waals surface area contributed by atoms with Crippen LogP contribution in [0, 0.1) is 6.92 Å². The number of aryl methyl sites for hydroxylation is 1. The molecule has 2 aromatic rings. The summed E-state index contributed by atoms with van der Waals surface area (Å²) in [4.78, 5) is 26.7. The van der Waals surface area contributed by atoms with Crippen LogP contribution in [0.4, 0.5) is 5.69 Å². The summed E-state index contributed by atoms with van der Waals surface area (Å²) >= 11 is 0. The van der Waals surface area contributed by atoms with Crippen LogP contribution < -0.4 is 10.1 Å². The molecule has 0 saturated carbocycles. The zero-order chi connectivity index (χ0) is 20.6. The molecule has 0 aliphatic carbocycles. The van der Waals surface area contributed by atoms with E-state index in [1.54, 1.807) is 24.3 Å². The Bertz CT molecular complexity index is 845. The number of carbonyl (C=O) groups is 2. The van der Waals surface area contributed by atoms with Gasteiger partial charge in [-0.2, -0.15) is 0 Å². The third-order valence-corrected chi connectivity index (χ3v) is 4.66. The van der Waals surface area contributed by atoms with Crippen molar-refractivity contribution in [3.63, 3.8) is 0 Å². The van der Waals surface area contributed by atoms with E-state index >= 15 is 0 Å². The minimum Gasteiger partial charge on any atom is -0.495 e. The fraction of sp³-hybridized carbons (Fsp3) is 0.364. The average molecular weight is 398 g/mol. The monoisotopic (exact) mass is 398 g/mol. The number of hydrogen-bond acceptors (Lipinski definition) is 6. The quantitative estimate of drug-likeness (QED) is 0.723. The highest BCUT2D eigenvalue weighted by Gasteiger charge is 2.14. The number of amides is 1. The van der Waals surface area contributed by atoms with E-state index in [-0.39, 0.29) is 6.61 Å². The molecule has 1 heterocycles. The molecule has 0 aromatic heterocycles. The molecule has 1 saturated heterocycles. The number of methoxy groups -OCH3 is 1. The second-order valence-corrected chi connectivity index (χ2v) is 6.91. The molecule has 1 aliphatic rings. The molecule has 0 unspecified atom stereocenters. The smallest absolute Gasteiger partial charge is 0.338 e. The SMILES string of the molecule is COc1ccc(C)cc1NC(=O)COC(=O)c1ccc(CN2CCOCC2)cc1. The van der Waals surface area contributed by atoms with Crippen LogP contribution in [0.15, 0.2) is 42.5 Å². The zero-order valence-electron chi connectivity index (χ0n) is 16.8. The lowest BCUT2D eigenvalue weighted by molar-refractivity contribution is -0.119. The molecule has 154 valence electrons. The number of hydrogen-bond donors (Lipinski definition) is 1. The van der Waals surface area contributed by atoms with Crippen LogP contribution in [0.25, 0.3) is 0 Å². The Hall–Kier alpha value is -2.90. The molecular weight excluding hydrogens is 372 g/mol. The van der Waals surface area contributed by atoms with Gasteiger partial charge in [0.15, 0.2) is 6.61 Å². The minimum atomic E-state index is -0.533. The van der Waals surface area contributed by atoms with Gasteiger partial charge in [0, 0.05) is 19.6 Å². The fourth-order valence-electron chi connectivity index (χ4n) is 3.08. The lowest BCUT2D eigenvalue weighted by Gasteiger charge is -2.26. The highest BCUT2D eigenvalue weighted by Crippen LogP contribution is 2.25. The molecule has 2 aromatic carbocycles. The summed E-state index contributed by atoms with van der Waals surface area (Å²) in [6.45, 7) is 5.68. The first-order valence-electron chi connectivity index (χ1n) is 9.56. The summed E-state index contributed by atoms with van der Waals surface area (Å²) in [7, 11) is 1.53. The molecule has 0 radical (unpaired) electrons. The predicted octanol–water partition coefficient (Wildman–Crippen LogP) is 2.63. The van der Waals surface area contributed by atoms with E-state index in [4.69, 9.17) is 14.2 Å². The Kier molecular flexibility index (Phi) is 7.21. The van der Waals surface area contributed by atoms with Crippen LogP contribution in [0.3, 0.4) is 0 Å². The largest absolute Gasteiger partial charge is 0.495 e. The van der Waals surface area contributed by atoms with E-state index in [1.165, 1.54) is 7.11 Å². The Labute approximate surface area is 170 Å². The Morgan fingerprint density at radius 3 is 2.52 bits per heavy atom. The number of anilines is 1. The number of rotatable bonds is 7. The zero-order valence-corrected chi connectivity index (χ0v) is 16.8. The van der Waals surface area contributed by atoms with Crippen molar-refractivity contribution < 1.29 is 23.8 Å². The van der Waals surface area contributed by atoms with Crippen molar-refractivity contribution in [3.05, 3.63) is 59.2 Å². The van der Waals surface area contributed by atoms with Gasteiger partial charge >= 0.3 is 5.97 Å². The molecule has 3 rings (SSSR count). The lowest BCUT2D eigenvalue weighted by atomic mass is 10.1. The van der Waals surface area contributed by atoms with Crippen LogP contribution in [0.1, 0.15) is 21.5 Å². The van der Waals surface area contributed by atoms with Crippen molar-refractivity contribution in [2.45, 2.75) is 13.5 Å². The molecule has 1 amide bonds. The van der Waals surface area contributed by atoms with E-state index in [2.05, 4.69) is 10.2 Å². The van der Waals surface area contributed by atoms with Crippen LogP contribution in [-0.2, 0) is 20.8 Å². The number of nitrogens with one attached hydrogen (secondary N) is 1. The van der Waals surface area contributed by atoms with E-state index < -0.39 is 11.9 Å². The molecule has 1 N–H and O–H groups in total. The lowest BCUT2D eigenvalue weighted by Crippen LogP contribution is -2.35. The number of carbonyl (C=O) groups excluding carboxylic acids is 2. The maximum Gasteiger partial charge on any atom is 0.338 e. The summed E-state index contributed by atoms with van der Waals surface area (Å²) in [5.41, 5.74) is 3.06. The average Bonchev–Trinajstić information content (AvgIpc) is 2.73. The van der Waals surface area contributed by atoms with Crippen molar-refractivity contribution in [1.82, 2.24) is 4.90 Å². The second-order valence-electron chi connectivity index (χ2n) is 6.91. The molecule has 0 bridgehead atoms. The van der Waals surface area contributed by atoms with Gasteiger partial charge < -0.3 is 19.5 Å². The predicted molar refractivity (Wildman–Crippen MR) is 109 cm³/mol. The van der Waals surface area contributed by atoms with Gasteiger partial charge in [0.25, 0.3) is 5.91 Å². The highest BCUT2D eigenvalue weighted by atomic mass is 16.5. The summed E-state index contributed by atoms with van der Waals surface area (Å²) in [6.07, 6.45) is 0. The Morgan fingerprint density at radius 1 is 1.10 bits per heavy atom. The normalized spacial score (nSPS) is 14.3. The van der Waals surface area contributed by atoms with Crippen LogP contribution in [-0.4, -0.2) is 56.8 Å². The highest BCUT2D eigenvalue weighted by molar-refractivity contribution is 5.96. The molecule has 7 nitrogen and oxygen atoms in total. The number of benzene rings is 2. The first-order chi connectivity index (χ1) is 14.0. The van der Waals surface area contributed by atoms with Crippen molar-refractivity contribution in [2.75, 3.05) is 45.3 Å². The van der Waals surface area contributed by atoms with Crippen LogP contribution >= 0.6 is 0 Å².